The topological polar surface area (TPSA) is 110 Å². The molecule has 37 heavy (non-hydrogen) atoms. The van der Waals surface area contributed by atoms with Crippen LogP contribution in [0.2, 0.25) is 0 Å². The van der Waals surface area contributed by atoms with E-state index < -0.39 is 0 Å². The van der Waals surface area contributed by atoms with Crippen molar-refractivity contribution in [2.75, 3.05) is 10.6 Å². The summed E-state index contributed by atoms with van der Waals surface area (Å²) in [5, 5.41) is 14.5. The van der Waals surface area contributed by atoms with Gasteiger partial charge in [0.15, 0.2) is 0 Å². The molecule has 8 nitrogen and oxygen atoms in total. The van der Waals surface area contributed by atoms with Crippen LogP contribution in [0.15, 0.2) is 67.1 Å². The fraction of sp³-hybridized carbons (Fsp3) is 0.241. The van der Waals surface area contributed by atoms with Crippen LogP contribution in [-0.4, -0.2) is 32.0 Å². The van der Waals surface area contributed by atoms with E-state index in [0.717, 1.165) is 53.6 Å². The summed E-state index contributed by atoms with van der Waals surface area (Å²) in [5.41, 5.74) is 6.56. The van der Waals surface area contributed by atoms with E-state index in [-0.39, 0.29) is 17.7 Å². The molecule has 0 saturated heterocycles. The van der Waals surface area contributed by atoms with Crippen molar-refractivity contribution in [1.82, 2.24) is 20.2 Å². The Hall–Kier alpha value is -4.46. The molecule has 8 heteroatoms. The van der Waals surface area contributed by atoms with Crippen molar-refractivity contribution in [1.29, 1.82) is 0 Å². The standard InChI is InChI=1S/C29H26N6O2/c1-17-2-7-23(33-29(37)21-9-10-30-25(12-21)18-3-4-18)15-24(17)26-13-22(16-32-35-26)20-8-11-31-27(14-20)34-28(36)19-5-6-19/h2,7-16,18-19H,3-6H2,1H3,(H,33,37)(H,31,34,36). The molecule has 1 aromatic carbocycles. The number of aryl methyl sites for hydroxylation is 1. The van der Waals surface area contributed by atoms with Crippen molar-refractivity contribution < 1.29 is 9.59 Å². The Morgan fingerprint density at radius 1 is 0.865 bits per heavy atom. The van der Waals surface area contributed by atoms with Crippen molar-refractivity contribution >= 4 is 23.3 Å². The largest absolute Gasteiger partial charge is 0.322 e. The summed E-state index contributed by atoms with van der Waals surface area (Å²) < 4.78 is 0. The number of aromatic nitrogens is 4. The van der Waals surface area contributed by atoms with E-state index in [0.29, 0.717) is 28.7 Å². The summed E-state index contributed by atoms with van der Waals surface area (Å²) in [4.78, 5) is 33.8. The first kappa shape index (κ1) is 23.0. The first-order valence-corrected chi connectivity index (χ1v) is 12.5. The maximum atomic E-state index is 12.9. The van der Waals surface area contributed by atoms with Crippen LogP contribution in [0.1, 0.15) is 53.2 Å². The van der Waals surface area contributed by atoms with Crippen LogP contribution >= 0.6 is 0 Å². The minimum Gasteiger partial charge on any atom is -0.322 e. The van der Waals surface area contributed by atoms with Crippen molar-refractivity contribution in [3.05, 3.63) is 83.9 Å². The van der Waals surface area contributed by atoms with Crippen molar-refractivity contribution in [2.24, 2.45) is 5.92 Å². The zero-order valence-corrected chi connectivity index (χ0v) is 20.4. The first-order valence-electron chi connectivity index (χ1n) is 12.5. The molecule has 0 aliphatic heterocycles. The van der Waals surface area contributed by atoms with Gasteiger partial charge in [0, 0.05) is 52.3 Å². The molecule has 3 aromatic heterocycles. The molecule has 2 aliphatic carbocycles. The number of hydrogen-bond donors (Lipinski definition) is 2. The van der Waals surface area contributed by atoms with Gasteiger partial charge in [0.2, 0.25) is 5.91 Å². The molecular formula is C29H26N6O2. The lowest BCUT2D eigenvalue weighted by Crippen LogP contribution is -2.14. The van der Waals surface area contributed by atoms with Gasteiger partial charge in [-0.2, -0.15) is 10.2 Å². The van der Waals surface area contributed by atoms with Gasteiger partial charge in [-0.15, -0.1) is 0 Å². The SMILES string of the molecule is Cc1ccc(NC(=O)c2ccnc(C3CC3)c2)cc1-c1cc(-c2ccnc(NC(=O)C3CC3)c2)cnn1. The lowest BCUT2D eigenvalue weighted by Gasteiger charge is -2.11. The quantitative estimate of drug-likeness (QED) is 0.360. The van der Waals surface area contributed by atoms with Crippen LogP contribution in [0.25, 0.3) is 22.4 Å². The fourth-order valence-electron chi connectivity index (χ4n) is 4.28. The van der Waals surface area contributed by atoms with Crippen LogP contribution in [0, 0.1) is 12.8 Å². The minimum atomic E-state index is -0.170. The van der Waals surface area contributed by atoms with Crippen LogP contribution in [0.5, 0.6) is 0 Å². The van der Waals surface area contributed by atoms with E-state index in [4.69, 9.17) is 0 Å². The number of nitrogens with one attached hydrogen (secondary N) is 2. The Morgan fingerprint density at radius 2 is 1.70 bits per heavy atom. The number of rotatable bonds is 7. The number of anilines is 2. The van der Waals surface area contributed by atoms with Crippen LogP contribution < -0.4 is 10.6 Å². The monoisotopic (exact) mass is 490 g/mol. The molecule has 2 fully saturated rings. The molecule has 0 unspecified atom stereocenters. The molecule has 2 amide bonds. The van der Waals surface area contributed by atoms with E-state index in [9.17, 15) is 9.59 Å². The second-order valence-electron chi connectivity index (χ2n) is 9.75. The Morgan fingerprint density at radius 3 is 2.51 bits per heavy atom. The highest BCUT2D eigenvalue weighted by Gasteiger charge is 2.30. The van der Waals surface area contributed by atoms with Crippen molar-refractivity contribution in [2.45, 2.75) is 38.5 Å². The first-order chi connectivity index (χ1) is 18.0. The molecule has 2 aliphatic rings. The fourth-order valence-corrected chi connectivity index (χ4v) is 4.28. The maximum absolute atomic E-state index is 12.9. The number of hydrogen-bond acceptors (Lipinski definition) is 6. The molecule has 0 radical (unpaired) electrons. The van der Waals surface area contributed by atoms with Gasteiger partial charge in [-0.1, -0.05) is 6.07 Å². The smallest absolute Gasteiger partial charge is 0.255 e. The molecule has 6 rings (SSSR count). The Kier molecular flexibility index (Phi) is 5.92. The zero-order valence-electron chi connectivity index (χ0n) is 20.4. The Bertz CT molecular complexity index is 1510. The van der Waals surface area contributed by atoms with Gasteiger partial charge in [0.25, 0.3) is 5.91 Å². The highest BCUT2D eigenvalue weighted by molar-refractivity contribution is 6.04. The third kappa shape index (κ3) is 5.23. The van der Waals surface area contributed by atoms with E-state index in [1.54, 1.807) is 24.7 Å². The number of pyridine rings is 2. The number of benzene rings is 1. The maximum Gasteiger partial charge on any atom is 0.255 e. The van der Waals surface area contributed by atoms with E-state index in [1.165, 1.54) is 0 Å². The zero-order chi connectivity index (χ0) is 25.4. The molecule has 0 bridgehead atoms. The summed E-state index contributed by atoms with van der Waals surface area (Å²) in [7, 11) is 0. The van der Waals surface area contributed by atoms with Gasteiger partial charge < -0.3 is 10.6 Å². The van der Waals surface area contributed by atoms with Gasteiger partial charge in [0.05, 0.1) is 11.9 Å². The predicted molar refractivity (Wildman–Crippen MR) is 141 cm³/mol. The van der Waals surface area contributed by atoms with Crippen LogP contribution in [0.3, 0.4) is 0 Å². The molecule has 2 saturated carbocycles. The third-order valence-corrected chi connectivity index (χ3v) is 6.76. The molecular weight excluding hydrogens is 464 g/mol. The average Bonchev–Trinajstić information content (AvgIpc) is 3.83. The number of carbonyl (C=O) groups excluding carboxylic acids is 2. The Labute approximate surface area is 214 Å². The minimum absolute atomic E-state index is 0.0169. The van der Waals surface area contributed by atoms with Crippen LogP contribution in [-0.2, 0) is 4.79 Å². The van der Waals surface area contributed by atoms with Gasteiger partial charge in [-0.05, 0) is 86.2 Å². The predicted octanol–water partition coefficient (Wildman–Crippen LogP) is 5.39. The van der Waals surface area contributed by atoms with Crippen molar-refractivity contribution in [3.8, 4) is 22.4 Å². The highest BCUT2D eigenvalue weighted by Crippen LogP contribution is 2.39. The lowest BCUT2D eigenvalue weighted by molar-refractivity contribution is -0.117. The van der Waals surface area contributed by atoms with Crippen LogP contribution in [0.4, 0.5) is 11.5 Å². The van der Waals surface area contributed by atoms with Crippen molar-refractivity contribution in [3.63, 3.8) is 0 Å². The third-order valence-electron chi connectivity index (χ3n) is 6.76. The summed E-state index contributed by atoms with van der Waals surface area (Å²) in [6.45, 7) is 2.00. The second-order valence-corrected chi connectivity index (χ2v) is 9.75. The van der Waals surface area contributed by atoms with E-state index in [2.05, 4.69) is 30.8 Å². The average molecular weight is 491 g/mol. The van der Waals surface area contributed by atoms with E-state index in [1.807, 2.05) is 49.4 Å². The Balaban J connectivity index is 1.24. The molecule has 3 heterocycles. The van der Waals surface area contributed by atoms with Gasteiger partial charge >= 0.3 is 0 Å². The van der Waals surface area contributed by atoms with Gasteiger partial charge in [0.1, 0.15) is 5.82 Å². The number of carbonyl (C=O) groups is 2. The molecule has 0 atom stereocenters. The number of amides is 2. The lowest BCUT2D eigenvalue weighted by atomic mass is 10.0. The number of nitrogens with zero attached hydrogens (tertiary/aromatic N) is 4. The summed E-state index contributed by atoms with van der Waals surface area (Å²) >= 11 is 0. The molecule has 2 N–H and O–H groups in total. The molecule has 4 aromatic rings. The van der Waals surface area contributed by atoms with Gasteiger partial charge in [-0.3, -0.25) is 14.6 Å². The second kappa shape index (κ2) is 9.54. The molecule has 184 valence electrons. The summed E-state index contributed by atoms with van der Waals surface area (Å²) in [6, 6.07) is 15.0. The summed E-state index contributed by atoms with van der Waals surface area (Å²) in [6.07, 6.45) is 9.20. The van der Waals surface area contributed by atoms with E-state index >= 15 is 0 Å². The highest BCUT2D eigenvalue weighted by atomic mass is 16.2. The van der Waals surface area contributed by atoms with Gasteiger partial charge in [-0.25, -0.2) is 4.98 Å². The molecule has 0 spiro atoms. The normalized spacial score (nSPS) is 14.7. The summed E-state index contributed by atoms with van der Waals surface area (Å²) in [5.74, 6) is 0.957.